The van der Waals surface area contributed by atoms with Gasteiger partial charge in [0.25, 0.3) is 15.9 Å². The molecule has 1 N–H and O–H groups in total. The molecule has 4 aromatic carbocycles. The third-order valence-corrected chi connectivity index (χ3v) is 7.06. The van der Waals surface area contributed by atoms with Gasteiger partial charge in [0.05, 0.1) is 10.6 Å². The van der Waals surface area contributed by atoms with Gasteiger partial charge in [-0.2, -0.15) is 0 Å². The van der Waals surface area contributed by atoms with E-state index in [9.17, 15) is 13.2 Å². The number of nitrogens with zero attached hydrogens (tertiary/aromatic N) is 1. The second-order valence-electron chi connectivity index (χ2n) is 7.53. The summed E-state index contributed by atoms with van der Waals surface area (Å²) in [5, 5.41) is 2.90. The number of carbonyl (C=O) groups excluding carboxylic acids is 1. The van der Waals surface area contributed by atoms with Crippen LogP contribution in [0.1, 0.15) is 0 Å². The lowest BCUT2D eigenvalue weighted by Gasteiger charge is -2.19. The van der Waals surface area contributed by atoms with Crippen LogP contribution in [-0.2, 0) is 14.8 Å². The number of hydrogen-bond donors (Lipinski definition) is 1. The summed E-state index contributed by atoms with van der Waals surface area (Å²) >= 11 is 0. The third kappa shape index (κ3) is 5.27. The summed E-state index contributed by atoms with van der Waals surface area (Å²) in [7, 11) is -2.17. The number of ether oxygens (including phenoxy) is 1. The Hall–Kier alpha value is -4.10. The fourth-order valence-electron chi connectivity index (χ4n) is 3.44. The van der Waals surface area contributed by atoms with Gasteiger partial charge in [0.15, 0.2) is 6.61 Å². The zero-order valence-electron chi connectivity index (χ0n) is 18.6. The van der Waals surface area contributed by atoms with Crippen LogP contribution in [0.4, 0.5) is 11.4 Å². The van der Waals surface area contributed by atoms with Gasteiger partial charge in [0, 0.05) is 18.3 Å². The van der Waals surface area contributed by atoms with Crippen molar-refractivity contribution in [3.8, 4) is 16.9 Å². The van der Waals surface area contributed by atoms with E-state index in [1.807, 2.05) is 54.6 Å². The molecule has 0 heterocycles. The Kier molecular flexibility index (Phi) is 6.94. The summed E-state index contributed by atoms with van der Waals surface area (Å²) in [4.78, 5) is 12.7. The van der Waals surface area contributed by atoms with Gasteiger partial charge in [-0.1, -0.05) is 66.7 Å². The molecule has 7 heteroatoms. The molecule has 0 bridgehead atoms. The largest absolute Gasteiger partial charge is 0.484 e. The van der Waals surface area contributed by atoms with Crippen LogP contribution in [0.15, 0.2) is 114 Å². The molecular weight excluding hydrogens is 448 g/mol. The van der Waals surface area contributed by atoms with E-state index in [-0.39, 0.29) is 17.4 Å². The topological polar surface area (TPSA) is 75.7 Å². The van der Waals surface area contributed by atoms with Crippen molar-refractivity contribution in [3.05, 3.63) is 109 Å². The molecule has 4 rings (SSSR count). The van der Waals surface area contributed by atoms with Crippen LogP contribution in [0.5, 0.6) is 5.75 Å². The number of benzene rings is 4. The lowest BCUT2D eigenvalue weighted by molar-refractivity contribution is -0.118. The molecule has 0 aliphatic carbocycles. The smallest absolute Gasteiger partial charge is 0.264 e. The van der Waals surface area contributed by atoms with Crippen LogP contribution < -0.4 is 14.4 Å². The van der Waals surface area contributed by atoms with E-state index in [1.165, 1.54) is 11.4 Å². The molecule has 6 nitrogen and oxygen atoms in total. The number of para-hydroxylation sites is 1. The first-order chi connectivity index (χ1) is 16.4. The molecule has 0 aliphatic rings. The highest BCUT2D eigenvalue weighted by Gasteiger charge is 2.20. The molecule has 172 valence electrons. The Morgan fingerprint density at radius 3 is 2.06 bits per heavy atom. The minimum atomic E-state index is -3.66. The number of hydrogen-bond acceptors (Lipinski definition) is 4. The van der Waals surface area contributed by atoms with Gasteiger partial charge >= 0.3 is 0 Å². The first kappa shape index (κ1) is 23.1. The highest BCUT2D eigenvalue weighted by Crippen LogP contribution is 2.28. The van der Waals surface area contributed by atoms with Crippen molar-refractivity contribution >= 4 is 27.3 Å². The molecule has 0 radical (unpaired) electrons. The fourth-order valence-corrected chi connectivity index (χ4v) is 4.65. The van der Waals surface area contributed by atoms with Crippen LogP contribution in [0, 0.1) is 0 Å². The molecule has 0 atom stereocenters. The third-order valence-electron chi connectivity index (χ3n) is 5.26. The van der Waals surface area contributed by atoms with Crippen molar-refractivity contribution in [1.82, 2.24) is 0 Å². The number of rotatable bonds is 8. The van der Waals surface area contributed by atoms with Gasteiger partial charge in [-0.25, -0.2) is 8.42 Å². The van der Waals surface area contributed by atoms with Gasteiger partial charge in [0.1, 0.15) is 5.75 Å². The number of anilines is 2. The summed E-state index contributed by atoms with van der Waals surface area (Å²) in [5.41, 5.74) is 3.11. The standard InChI is InChI=1S/C27H24N2O4S/c1-29(34(31,32)24-12-6-3-7-13-24)22-16-18-23(19-17-22)33-20-27(30)28-26-15-9-8-14-25(26)21-10-4-2-5-11-21/h2-19H,20H2,1H3,(H,28,30). The summed E-state index contributed by atoms with van der Waals surface area (Å²) in [6.07, 6.45) is 0. The van der Waals surface area contributed by atoms with Gasteiger partial charge in [-0.15, -0.1) is 0 Å². The van der Waals surface area contributed by atoms with Crippen molar-refractivity contribution in [1.29, 1.82) is 0 Å². The molecule has 0 aromatic heterocycles. The highest BCUT2D eigenvalue weighted by molar-refractivity contribution is 7.92. The number of sulfonamides is 1. The summed E-state index contributed by atoms with van der Waals surface area (Å²) < 4.78 is 32.4. The minimum Gasteiger partial charge on any atom is -0.484 e. The maximum absolute atomic E-state index is 12.8. The number of nitrogens with one attached hydrogen (secondary N) is 1. The molecule has 0 spiro atoms. The molecular formula is C27H24N2O4S. The van der Waals surface area contributed by atoms with Crippen molar-refractivity contribution in [2.75, 3.05) is 23.3 Å². The Bertz CT molecular complexity index is 1360. The van der Waals surface area contributed by atoms with E-state index >= 15 is 0 Å². The molecule has 0 saturated carbocycles. The van der Waals surface area contributed by atoms with Gasteiger partial charge in [0.2, 0.25) is 0 Å². The Balaban J connectivity index is 1.39. The van der Waals surface area contributed by atoms with Gasteiger partial charge in [-0.3, -0.25) is 9.10 Å². The minimum absolute atomic E-state index is 0.180. The Morgan fingerprint density at radius 1 is 0.794 bits per heavy atom. The number of amides is 1. The van der Waals surface area contributed by atoms with Crippen molar-refractivity contribution in [3.63, 3.8) is 0 Å². The fraction of sp³-hybridized carbons (Fsp3) is 0.0741. The van der Waals surface area contributed by atoms with Crippen LogP contribution >= 0.6 is 0 Å². The average Bonchev–Trinajstić information content (AvgIpc) is 2.89. The molecule has 0 unspecified atom stereocenters. The second-order valence-corrected chi connectivity index (χ2v) is 9.50. The normalized spacial score (nSPS) is 11.0. The summed E-state index contributed by atoms with van der Waals surface area (Å²) in [6.45, 7) is -0.180. The SMILES string of the molecule is CN(c1ccc(OCC(=O)Nc2ccccc2-c2ccccc2)cc1)S(=O)(=O)c1ccccc1. The predicted octanol–water partition coefficient (Wildman–Crippen LogP) is 5.20. The quantitative estimate of drug-likeness (QED) is 0.383. The molecule has 34 heavy (non-hydrogen) atoms. The van der Waals surface area contributed by atoms with Crippen LogP contribution in [0.2, 0.25) is 0 Å². The molecule has 0 saturated heterocycles. The maximum Gasteiger partial charge on any atom is 0.264 e. The summed E-state index contributed by atoms with van der Waals surface area (Å²) in [6, 6.07) is 32.2. The zero-order chi connectivity index (χ0) is 24.0. The van der Waals surface area contributed by atoms with Crippen LogP contribution in [-0.4, -0.2) is 28.0 Å². The van der Waals surface area contributed by atoms with Crippen molar-refractivity contribution < 1.29 is 17.9 Å². The summed E-state index contributed by atoms with van der Waals surface area (Å²) in [5.74, 6) is 0.164. The molecule has 0 fully saturated rings. The maximum atomic E-state index is 12.8. The zero-order valence-corrected chi connectivity index (χ0v) is 19.4. The van der Waals surface area contributed by atoms with E-state index < -0.39 is 10.0 Å². The molecule has 0 aliphatic heterocycles. The first-order valence-electron chi connectivity index (χ1n) is 10.7. The van der Waals surface area contributed by atoms with Crippen molar-refractivity contribution in [2.24, 2.45) is 0 Å². The van der Waals surface area contributed by atoms with E-state index in [0.717, 1.165) is 11.1 Å². The van der Waals surface area contributed by atoms with E-state index in [4.69, 9.17) is 4.74 Å². The number of carbonyl (C=O) groups is 1. The van der Waals surface area contributed by atoms with Crippen molar-refractivity contribution in [2.45, 2.75) is 4.90 Å². The highest BCUT2D eigenvalue weighted by atomic mass is 32.2. The van der Waals surface area contributed by atoms with E-state index in [0.29, 0.717) is 17.1 Å². The Labute approximate surface area is 199 Å². The molecule has 4 aromatic rings. The predicted molar refractivity (Wildman–Crippen MR) is 134 cm³/mol. The van der Waals surface area contributed by atoms with Gasteiger partial charge in [-0.05, 0) is 48.0 Å². The second kappa shape index (κ2) is 10.2. The Morgan fingerprint density at radius 2 is 1.38 bits per heavy atom. The first-order valence-corrected chi connectivity index (χ1v) is 12.1. The lowest BCUT2D eigenvalue weighted by atomic mass is 10.0. The van der Waals surface area contributed by atoms with E-state index in [2.05, 4.69) is 5.32 Å². The average molecular weight is 473 g/mol. The monoisotopic (exact) mass is 472 g/mol. The molecule has 1 amide bonds. The van der Waals surface area contributed by atoms with Crippen LogP contribution in [0.25, 0.3) is 11.1 Å². The van der Waals surface area contributed by atoms with Crippen LogP contribution in [0.3, 0.4) is 0 Å². The van der Waals surface area contributed by atoms with E-state index in [1.54, 1.807) is 54.6 Å². The lowest BCUT2D eigenvalue weighted by Crippen LogP contribution is -2.26. The van der Waals surface area contributed by atoms with Gasteiger partial charge < -0.3 is 10.1 Å².